The number of nitro groups is 1. The second kappa shape index (κ2) is 3.75. The van der Waals surface area contributed by atoms with Crippen molar-refractivity contribution in [3.05, 3.63) is 33.9 Å². The average Bonchev–Trinajstić information content (AvgIpc) is 2.08. The van der Waals surface area contributed by atoms with Crippen LogP contribution in [0.15, 0.2) is 23.3 Å². The Bertz CT molecular complexity index is 360. The molecule has 5 heteroatoms. The molecule has 0 heterocycles. The Hall–Kier alpha value is -1.78. The minimum atomic E-state index is -0.413. The molecule has 0 amide bonds. The van der Waals surface area contributed by atoms with Crippen LogP contribution in [0.2, 0.25) is 0 Å². The summed E-state index contributed by atoms with van der Waals surface area (Å²) in [6.45, 7) is 1.67. The van der Waals surface area contributed by atoms with Crippen LogP contribution in [-0.2, 0) is 0 Å². The van der Waals surface area contributed by atoms with Crippen LogP contribution in [0.25, 0.3) is 0 Å². The highest BCUT2D eigenvalue weighted by molar-refractivity contribution is 5.55. The molecule has 0 saturated heterocycles. The van der Waals surface area contributed by atoms with Crippen molar-refractivity contribution < 1.29 is 10.0 Å². The lowest BCUT2D eigenvalue weighted by atomic mass is 10.2. The topological polar surface area (TPSA) is 69.5 Å². The lowest BCUT2D eigenvalue weighted by Gasteiger charge is -1.96. The van der Waals surface area contributed by atoms with E-state index in [9.17, 15) is 10.1 Å². The predicted octanol–water partition coefficient (Wildman–Crippen LogP) is 0.697. The van der Waals surface area contributed by atoms with Gasteiger partial charge in [-0.05, 0) is 18.1 Å². The van der Waals surface area contributed by atoms with Gasteiger partial charge in [-0.1, -0.05) is 6.07 Å². The summed E-state index contributed by atoms with van der Waals surface area (Å²) in [5.74, 6) is 0. The van der Waals surface area contributed by atoms with Crippen molar-refractivity contribution in [2.24, 2.45) is 5.11 Å². The number of benzene rings is 1. The van der Waals surface area contributed by atoms with Crippen LogP contribution in [0.3, 0.4) is 0 Å². The van der Waals surface area contributed by atoms with Gasteiger partial charge in [-0.3, -0.25) is 10.1 Å². The third kappa shape index (κ3) is 1.87. The summed E-state index contributed by atoms with van der Waals surface area (Å²) in [4.78, 5) is 10.1. The van der Waals surface area contributed by atoms with Gasteiger partial charge in [0.2, 0.25) is 0 Å². The molecule has 0 atom stereocenters. The molecule has 0 aliphatic rings. The van der Waals surface area contributed by atoms with Crippen molar-refractivity contribution in [2.45, 2.75) is 6.92 Å². The van der Waals surface area contributed by atoms with E-state index in [0.29, 0.717) is 11.3 Å². The van der Waals surface area contributed by atoms with Gasteiger partial charge in [0.25, 0.3) is 5.69 Å². The van der Waals surface area contributed by atoms with Crippen LogP contribution < -0.4 is 5.11 Å². The standard InChI is InChI=1S/C8H9N3O2/c1-6-7(10-9-2)4-3-5-8(6)11(12)13/h3-5H,1-2H3/p+1. The van der Waals surface area contributed by atoms with Gasteiger partial charge in [-0.25, -0.2) is 0 Å². The van der Waals surface area contributed by atoms with Crippen molar-refractivity contribution in [1.29, 1.82) is 0 Å². The smallest absolute Gasteiger partial charge is 0.258 e. The van der Waals surface area contributed by atoms with Crippen molar-refractivity contribution in [3.8, 4) is 0 Å². The van der Waals surface area contributed by atoms with E-state index in [1.807, 2.05) is 0 Å². The molecule has 0 aromatic heterocycles. The molecule has 0 unspecified atom stereocenters. The van der Waals surface area contributed by atoms with Gasteiger partial charge in [0.05, 0.1) is 10.5 Å². The lowest BCUT2D eigenvalue weighted by Crippen LogP contribution is -2.58. The molecule has 13 heavy (non-hydrogen) atoms. The zero-order chi connectivity index (χ0) is 9.84. The normalized spacial score (nSPS) is 10.6. The molecular formula is C8H10N3O2+. The molecule has 0 radical (unpaired) electrons. The second-order valence-electron chi connectivity index (χ2n) is 2.51. The Morgan fingerprint density at radius 1 is 1.54 bits per heavy atom. The Kier molecular flexibility index (Phi) is 2.69. The third-order valence-electron chi connectivity index (χ3n) is 1.71. The fraction of sp³-hybridized carbons (Fsp3) is 0.250. The van der Waals surface area contributed by atoms with E-state index in [1.165, 1.54) is 6.07 Å². The van der Waals surface area contributed by atoms with Crippen molar-refractivity contribution in [3.63, 3.8) is 0 Å². The van der Waals surface area contributed by atoms with Gasteiger partial charge < -0.3 is 0 Å². The Morgan fingerprint density at radius 3 is 2.77 bits per heavy atom. The van der Waals surface area contributed by atoms with Gasteiger partial charge in [-0.15, -0.1) is 5.11 Å². The number of nitrogens with zero attached hydrogens (tertiary/aromatic N) is 2. The van der Waals surface area contributed by atoms with E-state index in [2.05, 4.69) is 10.2 Å². The molecule has 0 bridgehead atoms. The monoisotopic (exact) mass is 180 g/mol. The summed E-state index contributed by atoms with van der Waals surface area (Å²) < 4.78 is 0. The van der Waals surface area contributed by atoms with Gasteiger partial charge in [0.15, 0.2) is 7.05 Å². The van der Waals surface area contributed by atoms with Gasteiger partial charge >= 0.3 is 0 Å². The number of hydrogen-bond donors (Lipinski definition) is 1. The van der Waals surface area contributed by atoms with E-state index in [-0.39, 0.29) is 5.69 Å². The summed E-state index contributed by atoms with van der Waals surface area (Å²) in [6.07, 6.45) is 0. The number of azo groups is 1. The van der Waals surface area contributed by atoms with E-state index < -0.39 is 4.92 Å². The Balaban J connectivity index is 3.26. The molecule has 5 nitrogen and oxygen atoms in total. The molecule has 0 aliphatic heterocycles. The summed E-state index contributed by atoms with van der Waals surface area (Å²) in [7, 11) is 1.65. The quantitative estimate of drug-likeness (QED) is 0.413. The molecular weight excluding hydrogens is 170 g/mol. The first-order valence-corrected chi connectivity index (χ1v) is 3.78. The summed E-state index contributed by atoms with van der Waals surface area (Å²) in [5.41, 5.74) is 1.26. The van der Waals surface area contributed by atoms with Gasteiger partial charge in [0, 0.05) is 6.07 Å². The third-order valence-corrected chi connectivity index (χ3v) is 1.71. The fourth-order valence-electron chi connectivity index (χ4n) is 1.05. The van der Waals surface area contributed by atoms with Gasteiger partial charge in [0.1, 0.15) is 5.69 Å². The van der Waals surface area contributed by atoms with Gasteiger partial charge in [-0.2, -0.15) is 0 Å². The van der Waals surface area contributed by atoms with E-state index in [0.717, 1.165) is 0 Å². The van der Waals surface area contributed by atoms with Crippen molar-refractivity contribution in [2.75, 3.05) is 7.05 Å². The maximum absolute atomic E-state index is 10.5. The first-order chi connectivity index (χ1) is 6.16. The van der Waals surface area contributed by atoms with E-state index >= 15 is 0 Å². The van der Waals surface area contributed by atoms with Crippen molar-refractivity contribution >= 4 is 11.4 Å². The molecule has 68 valence electrons. The lowest BCUT2D eigenvalue weighted by molar-refractivity contribution is -0.494. The summed E-state index contributed by atoms with van der Waals surface area (Å²) >= 11 is 0. The maximum Gasteiger partial charge on any atom is 0.274 e. The van der Waals surface area contributed by atoms with Crippen molar-refractivity contribution in [1.82, 2.24) is 0 Å². The summed E-state index contributed by atoms with van der Waals surface area (Å²) in [6, 6.07) is 4.80. The van der Waals surface area contributed by atoms with Crippen LogP contribution in [0.5, 0.6) is 0 Å². The van der Waals surface area contributed by atoms with E-state index in [4.69, 9.17) is 0 Å². The summed E-state index contributed by atoms with van der Waals surface area (Å²) in [5, 5.41) is 17.0. The number of nitrogens with one attached hydrogen (secondary N) is 1. The predicted molar refractivity (Wildman–Crippen MR) is 46.8 cm³/mol. The highest BCUT2D eigenvalue weighted by Crippen LogP contribution is 2.25. The van der Waals surface area contributed by atoms with Crippen LogP contribution in [0, 0.1) is 17.0 Å². The Morgan fingerprint density at radius 2 is 2.23 bits per heavy atom. The Labute approximate surface area is 75.3 Å². The van der Waals surface area contributed by atoms with Crippen LogP contribution in [-0.4, -0.2) is 12.0 Å². The minimum absolute atomic E-state index is 0.0940. The molecule has 0 fully saturated rings. The highest BCUT2D eigenvalue weighted by atomic mass is 16.6. The first-order valence-electron chi connectivity index (χ1n) is 3.78. The average molecular weight is 180 g/mol. The zero-order valence-electron chi connectivity index (χ0n) is 7.44. The molecule has 0 aliphatic carbocycles. The number of nitro benzene ring substituents is 1. The molecule has 0 saturated carbocycles. The maximum atomic E-state index is 10.5. The molecule has 1 aromatic rings. The number of hydrogen-bond acceptors (Lipinski definition) is 3. The number of rotatable bonds is 2. The fourth-order valence-corrected chi connectivity index (χ4v) is 1.05. The van der Waals surface area contributed by atoms with Crippen LogP contribution in [0.1, 0.15) is 5.56 Å². The van der Waals surface area contributed by atoms with Crippen LogP contribution >= 0.6 is 0 Å². The minimum Gasteiger partial charge on any atom is -0.258 e. The highest BCUT2D eigenvalue weighted by Gasteiger charge is 2.13. The van der Waals surface area contributed by atoms with E-state index in [1.54, 1.807) is 26.1 Å². The molecule has 1 rings (SSSR count). The molecule has 1 aromatic carbocycles. The molecule has 0 spiro atoms. The SMILES string of the molecule is C[NH+]=Nc1cccc([N+](=O)[O-])c1C. The molecule has 1 N–H and O–H groups in total. The van der Waals surface area contributed by atoms with Crippen LogP contribution in [0.4, 0.5) is 11.4 Å². The first kappa shape index (κ1) is 9.31. The largest absolute Gasteiger partial charge is 0.274 e. The zero-order valence-corrected chi connectivity index (χ0v) is 7.44. The second-order valence-corrected chi connectivity index (χ2v) is 2.51.